The maximum atomic E-state index is 12.5. The molecule has 1 aromatic heterocycles. The molecule has 2 N–H and O–H groups in total. The minimum atomic E-state index is -0.00918. The van der Waals surface area contributed by atoms with Crippen LogP contribution in [-0.4, -0.2) is 42.6 Å². The summed E-state index contributed by atoms with van der Waals surface area (Å²) in [5.41, 5.74) is 3.49. The van der Waals surface area contributed by atoms with Crippen molar-refractivity contribution < 1.29 is 4.79 Å². The molecule has 3 unspecified atom stereocenters. The summed E-state index contributed by atoms with van der Waals surface area (Å²) >= 11 is 0. The molecule has 0 bridgehead atoms. The Morgan fingerprint density at radius 1 is 1.31 bits per heavy atom. The number of carbonyl (C=O) groups is 1. The summed E-state index contributed by atoms with van der Waals surface area (Å²) in [6.07, 6.45) is 4.94. The molecule has 3 atom stereocenters. The number of piperidine rings is 1. The Morgan fingerprint density at radius 2 is 2.19 bits per heavy atom. The molecule has 2 saturated heterocycles. The van der Waals surface area contributed by atoms with E-state index < -0.39 is 0 Å². The normalized spacial score (nSPS) is 26.2. The minimum Gasteiger partial charge on any atom is -0.369 e. The molecule has 26 heavy (non-hydrogen) atoms. The van der Waals surface area contributed by atoms with Crippen LogP contribution in [0.1, 0.15) is 31.7 Å². The Kier molecular flexibility index (Phi) is 4.81. The van der Waals surface area contributed by atoms with Crippen molar-refractivity contribution in [1.82, 2.24) is 15.6 Å². The van der Waals surface area contributed by atoms with E-state index in [1.165, 1.54) is 16.6 Å². The monoisotopic (exact) mass is 352 g/mol. The number of nitrogens with one attached hydrogen (secondary N) is 2. The molecule has 0 saturated carbocycles. The second-order valence-corrected chi connectivity index (χ2v) is 7.90. The van der Waals surface area contributed by atoms with Crippen molar-refractivity contribution in [3.05, 3.63) is 36.0 Å². The lowest BCUT2D eigenvalue weighted by atomic mass is 9.94. The molecular weight excluding hydrogens is 324 g/mol. The highest BCUT2D eigenvalue weighted by Crippen LogP contribution is 2.31. The molecule has 0 radical (unpaired) electrons. The van der Waals surface area contributed by atoms with Crippen molar-refractivity contribution in [2.45, 2.75) is 45.2 Å². The topological polar surface area (TPSA) is 57.3 Å². The number of hydrogen-bond donors (Lipinski definition) is 2. The van der Waals surface area contributed by atoms with Gasteiger partial charge in [-0.2, -0.15) is 0 Å². The van der Waals surface area contributed by atoms with Gasteiger partial charge in [0.25, 0.3) is 0 Å². The molecule has 2 aliphatic rings. The van der Waals surface area contributed by atoms with Gasteiger partial charge < -0.3 is 15.5 Å². The summed E-state index contributed by atoms with van der Waals surface area (Å²) in [6, 6.07) is 8.70. The van der Waals surface area contributed by atoms with E-state index in [0.717, 1.165) is 44.4 Å². The van der Waals surface area contributed by atoms with Gasteiger partial charge in [0.15, 0.2) is 0 Å². The van der Waals surface area contributed by atoms with E-state index in [0.29, 0.717) is 5.92 Å². The molecule has 3 heterocycles. The van der Waals surface area contributed by atoms with E-state index in [1.807, 2.05) is 12.3 Å². The first-order chi connectivity index (χ1) is 12.6. The highest BCUT2D eigenvalue weighted by Gasteiger charge is 2.30. The quantitative estimate of drug-likeness (QED) is 0.892. The molecule has 5 heteroatoms. The fourth-order valence-corrected chi connectivity index (χ4v) is 4.44. The number of amides is 1. The van der Waals surface area contributed by atoms with E-state index in [9.17, 15) is 4.79 Å². The Hall–Kier alpha value is -2.14. The number of benzene rings is 1. The average molecular weight is 352 g/mol. The van der Waals surface area contributed by atoms with Crippen LogP contribution in [0.15, 0.2) is 30.5 Å². The van der Waals surface area contributed by atoms with Gasteiger partial charge in [0.05, 0.1) is 11.6 Å². The smallest absolute Gasteiger partial charge is 0.237 e. The van der Waals surface area contributed by atoms with Crippen molar-refractivity contribution in [1.29, 1.82) is 0 Å². The average Bonchev–Trinajstić information content (AvgIpc) is 3.16. The fraction of sp³-hybridized carbons (Fsp3) is 0.524. The second-order valence-electron chi connectivity index (χ2n) is 7.90. The molecular formula is C21H28N4O. The second kappa shape index (κ2) is 7.23. The van der Waals surface area contributed by atoms with Crippen LogP contribution in [0.5, 0.6) is 0 Å². The number of hydrogen-bond acceptors (Lipinski definition) is 4. The summed E-state index contributed by atoms with van der Waals surface area (Å²) in [7, 11) is 0. The van der Waals surface area contributed by atoms with Crippen LogP contribution in [0.3, 0.4) is 0 Å². The minimum absolute atomic E-state index is 0.00918. The van der Waals surface area contributed by atoms with Gasteiger partial charge in [-0.3, -0.25) is 9.78 Å². The fourth-order valence-electron chi connectivity index (χ4n) is 4.44. The summed E-state index contributed by atoms with van der Waals surface area (Å²) in [4.78, 5) is 19.5. The van der Waals surface area contributed by atoms with E-state index >= 15 is 0 Å². The SMILES string of the molecule is Cc1ccc(N2CC(C)CC(NC(=O)C3CCCN3)C2)c2cccnc12. The van der Waals surface area contributed by atoms with Crippen LogP contribution in [0.2, 0.25) is 0 Å². The molecule has 2 fully saturated rings. The van der Waals surface area contributed by atoms with E-state index in [-0.39, 0.29) is 18.0 Å². The summed E-state index contributed by atoms with van der Waals surface area (Å²) in [6.45, 7) is 7.20. The molecule has 1 amide bonds. The molecule has 4 rings (SSSR count). The standard InChI is InChI=1S/C21H28N4O/c1-14-11-16(24-21(26)18-6-4-9-22-18)13-25(12-14)19-8-7-15(2)20-17(19)5-3-10-23-20/h3,5,7-8,10,14,16,18,22H,4,6,9,11-13H2,1-2H3,(H,24,26). The molecule has 5 nitrogen and oxygen atoms in total. The molecule has 2 aromatic rings. The number of carbonyl (C=O) groups excluding carboxylic acids is 1. The van der Waals surface area contributed by atoms with Gasteiger partial charge in [0.2, 0.25) is 5.91 Å². The Labute approximate surface area is 155 Å². The van der Waals surface area contributed by atoms with Crippen molar-refractivity contribution in [3.8, 4) is 0 Å². The lowest BCUT2D eigenvalue weighted by Crippen LogP contribution is -2.53. The number of nitrogens with zero attached hydrogens (tertiary/aromatic N) is 2. The number of aryl methyl sites for hydroxylation is 1. The third-order valence-corrected chi connectivity index (χ3v) is 5.67. The van der Waals surface area contributed by atoms with E-state index in [1.54, 1.807) is 0 Å². The lowest BCUT2D eigenvalue weighted by Gasteiger charge is -2.39. The largest absolute Gasteiger partial charge is 0.369 e. The first-order valence-corrected chi connectivity index (χ1v) is 9.75. The Morgan fingerprint density at radius 3 is 3.00 bits per heavy atom. The third kappa shape index (κ3) is 3.40. The van der Waals surface area contributed by atoms with Gasteiger partial charge in [-0.05, 0) is 62.4 Å². The summed E-state index contributed by atoms with van der Waals surface area (Å²) in [5, 5.41) is 7.79. The zero-order valence-corrected chi connectivity index (χ0v) is 15.7. The molecule has 1 aromatic carbocycles. The predicted molar refractivity (Wildman–Crippen MR) is 105 cm³/mol. The summed E-state index contributed by atoms with van der Waals surface area (Å²) in [5.74, 6) is 0.704. The van der Waals surface area contributed by atoms with Crippen molar-refractivity contribution in [2.24, 2.45) is 5.92 Å². The van der Waals surface area contributed by atoms with Gasteiger partial charge in [-0.1, -0.05) is 13.0 Å². The number of aromatic nitrogens is 1. The zero-order chi connectivity index (χ0) is 18.1. The van der Waals surface area contributed by atoms with Gasteiger partial charge in [-0.15, -0.1) is 0 Å². The third-order valence-electron chi connectivity index (χ3n) is 5.67. The van der Waals surface area contributed by atoms with Crippen LogP contribution in [-0.2, 0) is 4.79 Å². The van der Waals surface area contributed by atoms with Crippen molar-refractivity contribution in [3.63, 3.8) is 0 Å². The van der Waals surface area contributed by atoms with Gasteiger partial charge in [-0.25, -0.2) is 0 Å². The van der Waals surface area contributed by atoms with Crippen molar-refractivity contribution >= 4 is 22.5 Å². The Bertz CT molecular complexity index is 800. The number of anilines is 1. The van der Waals surface area contributed by atoms with Crippen LogP contribution >= 0.6 is 0 Å². The summed E-state index contributed by atoms with van der Waals surface area (Å²) < 4.78 is 0. The number of pyridine rings is 1. The maximum absolute atomic E-state index is 12.5. The first kappa shape index (κ1) is 17.3. The molecule has 138 valence electrons. The highest BCUT2D eigenvalue weighted by atomic mass is 16.2. The van der Waals surface area contributed by atoms with E-state index in [4.69, 9.17) is 0 Å². The van der Waals surface area contributed by atoms with Crippen LogP contribution in [0.4, 0.5) is 5.69 Å². The maximum Gasteiger partial charge on any atom is 0.237 e. The van der Waals surface area contributed by atoms with Gasteiger partial charge in [0, 0.05) is 36.4 Å². The molecule has 0 aliphatic carbocycles. The van der Waals surface area contributed by atoms with Gasteiger partial charge in [0.1, 0.15) is 0 Å². The highest BCUT2D eigenvalue weighted by molar-refractivity contribution is 5.93. The molecule has 2 aliphatic heterocycles. The van der Waals surface area contributed by atoms with Crippen molar-refractivity contribution in [2.75, 3.05) is 24.5 Å². The van der Waals surface area contributed by atoms with Gasteiger partial charge >= 0.3 is 0 Å². The van der Waals surface area contributed by atoms with Crippen LogP contribution in [0.25, 0.3) is 10.9 Å². The number of fused-ring (bicyclic) bond motifs is 1. The lowest BCUT2D eigenvalue weighted by molar-refractivity contribution is -0.123. The zero-order valence-electron chi connectivity index (χ0n) is 15.7. The number of rotatable bonds is 3. The molecule has 0 spiro atoms. The first-order valence-electron chi connectivity index (χ1n) is 9.75. The van der Waals surface area contributed by atoms with Crippen LogP contribution < -0.4 is 15.5 Å². The van der Waals surface area contributed by atoms with Crippen LogP contribution in [0, 0.1) is 12.8 Å². The van der Waals surface area contributed by atoms with E-state index in [2.05, 4.69) is 52.6 Å². The predicted octanol–water partition coefficient (Wildman–Crippen LogP) is 2.63. The Balaban J connectivity index is 1.55.